The van der Waals surface area contributed by atoms with E-state index in [0.717, 1.165) is 17.5 Å². The second-order valence-electron chi connectivity index (χ2n) is 7.46. The lowest BCUT2D eigenvalue weighted by Crippen LogP contribution is -2.25. The molecule has 2 rings (SSSR count). The molecule has 164 valence electrons. The largest absolute Gasteiger partial charge is 0.490 e. The van der Waals surface area contributed by atoms with Crippen LogP contribution < -0.4 is 9.47 Å². The first-order valence-electron chi connectivity index (χ1n) is 9.77. The van der Waals surface area contributed by atoms with Crippen LogP contribution in [-0.2, 0) is 14.9 Å². The molecule has 0 spiro atoms. The minimum Gasteiger partial charge on any atom is -0.490 e. The van der Waals surface area contributed by atoms with Gasteiger partial charge in [-0.15, -0.1) is 11.6 Å². The molecule has 0 saturated carbocycles. The van der Waals surface area contributed by atoms with E-state index in [1.807, 2.05) is 43.3 Å². The highest BCUT2D eigenvalue weighted by molar-refractivity contribution is 6.37. The fourth-order valence-electron chi connectivity index (χ4n) is 2.93. The van der Waals surface area contributed by atoms with Crippen molar-refractivity contribution >= 4 is 40.8 Å². The highest BCUT2D eigenvalue weighted by atomic mass is 35.5. The van der Waals surface area contributed by atoms with Gasteiger partial charge >= 0.3 is 5.97 Å². The lowest BCUT2D eigenvalue weighted by Gasteiger charge is -2.27. The molecule has 0 N–H and O–H groups in total. The number of hydrogen-bond donors (Lipinski definition) is 0. The fourth-order valence-corrected chi connectivity index (χ4v) is 3.68. The standard InChI is InChI=1S/C23H27Cl3O4/c1-5-10-28-22-20(25)11-17(12-21(22)26)23(3,4)16-6-8-18(9-7-16)29-14-19(13-24)30-15(2)27/h6-9,11-12,19H,5,10,13-14H2,1-4H3/t19-/m1/s1. The van der Waals surface area contributed by atoms with Crippen LogP contribution in [0.15, 0.2) is 36.4 Å². The Kier molecular flexibility index (Phi) is 9.14. The summed E-state index contributed by atoms with van der Waals surface area (Å²) in [6.45, 7) is 8.32. The molecule has 0 aliphatic heterocycles. The summed E-state index contributed by atoms with van der Waals surface area (Å²) in [5, 5.41) is 0.994. The molecule has 0 aromatic heterocycles. The van der Waals surface area contributed by atoms with Crippen LogP contribution in [0.2, 0.25) is 10.0 Å². The second kappa shape index (κ2) is 11.1. The smallest absolute Gasteiger partial charge is 0.303 e. The van der Waals surface area contributed by atoms with Gasteiger partial charge in [-0.25, -0.2) is 0 Å². The van der Waals surface area contributed by atoms with E-state index in [2.05, 4.69) is 13.8 Å². The average molecular weight is 474 g/mol. The number of esters is 1. The molecule has 0 radical (unpaired) electrons. The Bertz CT molecular complexity index is 827. The maximum absolute atomic E-state index is 11.1. The van der Waals surface area contributed by atoms with Gasteiger partial charge in [0.15, 0.2) is 5.75 Å². The van der Waals surface area contributed by atoms with Gasteiger partial charge in [0.05, 0.1) is 22.5 Å². The van der Waals surface area contributed by atoms with Gasteiger partial charge in [-0.1, -0.05) is 56.1 Å². The molecule has 30 heavy (non-hydrogen) atoms. The third kappa shape index (κ3) is 6.44. The van der Waals surface area contributed by atoms with Crippen LogP contribution in [0.3, 0.4) is 0 Å². The van der Waals surface area contributed by atoms with E-state index in [0.29, 0.717) is 28.2 Å². The van der Waals surface area contributed by atoms with Gasteiger partial charge in [-0.05, 0) is 41.8 Å². The molecule has 2 aromatic rings. The molecule has 4 nitrogen and oxygen atoms in total. The molecule has 0 heterocycles. The van der Waals surface area contributed by atoms with Gasteiger partial charge in [0.2, 0.25) is 0 Å². The topological polar surface area (TPSA) is 44.8 Å². The molecular weight excluding hydrogens is 447 g/mol. The lowest BCUT2D eigenvalue weighted by atomic mass is 9.78. The number of benzene rings is 2. The van der Waals surface area contributed by atoms with Crippen LogP contribution in [-0.4, -0.2) is 31.2 Å². The average Bonchev–Trinajstić information content (AvgIpc) is 2.70. The number of halogens is 3. The van der Waals surface area contributed by atoms with Gasteiger partial charge in [-0.2, -0.15) is 0 Å². The van der Waals surface area contributed by atoms with Crippen molar-refractivity contribution < 1.29 is 19.0 Å². The van der Waals surface area contributed by atoms with Crippen LogP contribution >= 0.6 is 34.8 Å². The van der Waals surface area contributed by atoms with E-state index < -0.39 is 6.10 Å². The van der Waals surface area contributed by atoms with Crippen molar-refractivity contribution in [2.24, 2.45) is 0 Å². The molecule has 0 unspecified atom stereocenters. The summed E-state index contributed by atoms with van der Waals surface area (Å²) in [5.41, 5.74) is 1.70. The third-order valence-electron chi connectivity index (χ3n) is 4.69. The summed E-state index contributed by atoms with van der Waals surface area (Å²) in [6, 6.07) is 11.5. The Morgan fingerprint density at radius 3 is 2.13 bits per heavy atom. The maximum Gasteiger partial charge on any atom is 0.303 e. The molecule has 2 aromatic carbocycles. The van der Waals surface area contributed by atoms with Crippen LogP contribution in [0.1, 0.15) is 45.2 Å². The normalized spacial score (nSPS) is 12.4. The van der Waals surface area contributed by atoms with Crippen molar-refractivity contribution in [2.45, 2.75) is 45.6 Å². The van der Waals surface area contributed by atoms with E-state index >= 15 is 0 Å². The summed E-state index contributed by atoms with van der Waals surface area (Å²) < 4.78 is 16.5. The zero-order valence-corrected chi connectivity index (χ0v) is 19.9. The zero-order chi connectivity index (χ0) is 22.3. The van der Waals surface area contributed by atoms with E-state index in [4.69, 9.17) is 49.0 Å². The molecule has 1 atom stereocenters. The van der Waals surface area contributed by atoms with E-state index in [1.165, 1.54) is 6.92 Å². The van der Waals surface area contributed by atoms with Gasteiger partial charge in [0.25, 0.3) is 0 Å². The SMILES string of the molecule is CCCOc1c(Cl)cc(C(C)(C)c2ccc(OC[C@@H](CCl)OC(C)=O)cc2)cc1Cl. The molecule has 0 bridgehead atoms. The van der Waals surface area contributed by atoms with Crippen molar-refractivity contribution in [3.05, 3.63) is 57.6 Å². The van der Waals surface area contributed by atoms with Crippen LogP contribution in [0, 0.1) is 0 Å². The maximum atomic E-state index is 11.1. The summed E-state index contributed by atoms with van der Waals surface area (Å²) in [6.07, 6.45) is 0.388. The van der Waals surface area contributed by atoms with Crippen LogP contribution in [0.4, 0.5) is 0 Å². The minimum absolute atomic E-state index is 0.171. The van der Waals surface area contributed by atoms with Gasteiger partial charge in [0, 0.05) is 12.3 Å². The Hall–Kier alpha value is -1.62. The number of hydrogen-bond acceptors (Lipinski definition) is 4. The zero-order valence-electron chi connectivity index (χ0n) is 17.6. The Labute approximate surface area is 193 Å². The number of ether oxygens (including phenoxy) is 3. The number of carbonyl (C=O) groups is 1. The summed E-state index contributed by atoms with van der Waals surface area (Å²) in [7, 11) is 0. The predicted octanol–water partition coefficient (Wildman–Crippen LogP) is 6.66. The van der Waals surface area contributed by atoms with Crippen molar-refractivity contribution in [3.63, 3.8) is 0 Å². The fraction of sp³-hybridized carbons (Fsp3) is 0.435. The Morgan fingerprint density at radius 1 is 1.03 bits per heavy atom. The van der Waals surface area contributed by atoms with Crippen molar-refractivity contribution in [1.29, 1.82) is 0 Å². The second-order valence-corrected chi connectivity index (χ2v) is 8.59. The number of rotatable bonds is 10. The summed E-state index contributed by atoms with van der Waals surface area (Å²) >= 11 is 18.7. The first-order chi connectivity index (χ1) is 14.2. The van der Waals surface area contributed by atoms with Gasteiger partial charge < -0.3 is 14.2 Å². The van der Waals surface area contributed by atoms with E-state index in [-0.39, 0.29) is 23.9 Å². The van der Waals surface area contributed by atoms with Crippen LogP contribution in [0.5, 0.6) is 11.5 Å². The molecule has 7 heteroatoms. The molecule has 0 aliphatic carbocycles. The quantitative estimate of drug-likeness (QED) is 0.286. The van der Waals surface area contributed by atoms with E-state index in [9.17, 15) is 4.79 Å². The molecule has 0 fully saturated rings. The summed E-state index contributed by atoms with van der Waals surface area (Å²) in [5.74, 6) is 0.968. The number of alkyl halides is 1. The van der Waals surface area contributed by atoms with Crippen LogP contribution in [0.25, 0.3) is 0 Å². The highest BCUT2D eigenvalue weighted by Gasteiger charge is 2.25. The molecular formula is C23H27Cl3O4. The van der Waals surface area contributed by atoms with Gasteiger partial charge in [-0.3, -0.25) is 4.79 Å². The predicted molar refractivity (Wildman–Crippen MR) is 123 cm³/mol. The monoisotopic (exact) mass is 472 g/mol. The van der Waals surface area contributed by atoms with Crippen molar-refractivity contribution in [2.75, 3.05) is 19.1 Å². The number of carbonyl (C=O) groups excluding carboxylic acids is 1. The van der Waals surface area contributed by atoms with Gasteiger partial charge in [0.1, 0.15) is 18.5 Å². The first kappa shape index (κ1) is 24.6. The molecule has 0 amide bonds. The Balaban J connectivity index is 2.15. The van der Waals surface area contributed by atoms with E-state index in [1.54, 1.807) is 0 Å². The summed E-state index contributed by atoms with van der Waals surface area (Å²) in [4.78, 5) is 11.1. The lowest BCUT2D eigenvalue weighted by molar-refractivity contribution is -0.146. The minimum atomic E-state index is -0.488. The molecule has 0 aliphatic rings. The highest BCUT2D eigenvalue weighted by Crippen LogP contribution is 2.40. The first-order valence-corrected chi connectivity index (χ1v) is 11.1. The Morgan fingerprint density at radius 2 is 1.63 bits per heavy atom. The van der Waals surface area contributed by atoms with Crippen molar-refractivity contribution in [3.8, 4) is 11.5 Å². The third-order valence-corrected chi connectivity index (χ3v) is 5.59. The molecule has 0 saturated heterocycles. The van der Waals surface area contributed by atoms with Crippen molar-refractivity contribution in [1.82, 2.24) is 0 Å².